The number of hydrogen-bond donors (Lipinski definition) is 0. The average molecular weight is 460 g/mol. The van der Waals surface area contributed by atoms with E-state index in [1.54, 1.807) is 0 Å². The van der Waals surface area contributed by atoms with Gasteiger partial charge in [-0.25, -0.2) is 4.68 Å². The van der Waals surface area contributed by atoms with Gasteiger partial charge in [0.1, 0.15) is 6.10 Å². The van der Waals surface area contributed by atoms with E-state index >= 15 is 0 Å². The molecule has 0 unspecified atom stereocenters. The van der Waals surface area contributed by atoms with E-state index in [-0.39, 0.29) is 18.1 Å². The summed E-state index contributed by atoms with van der Waals surface area (Å²) in [6, 6.07) is 20.4. The van der Waals surface area contributed by atoms with Gasteiger partial charge in [0.15, 0.2) is 0 Å². The molecule has 178 valence electrons. The highest BCUT2D eigenvalue weighted by atomic mass is 16.5. The molecule has 1 saturated heterocycles. The molecule has 1 aromatic heterocycles. The topological polar surface area (TPSA) is 63.5 Å². The van der Waals surface area contributed by atoms with Crippen LogP contribution in [-0.2, 0) is 22.5 Å². The lowest BCUT2D eigenvalue weighted by atomic mass is 9.92. The fraction of sp³-hybridized carbons (Fsp3) is 0.444. The second kappa shape index (κ2) is 10.8. The lowest BCUT2D eigenvalue weighted by molar-refractivity contribution is -0.152. The van der Waals surface area contributed by atoms with Crippen molar-refractivity contribution in [1.82, 2.24) is 19.9 Å². The first kappa shape index (κ1) is 22.6. The summed E-state index contributed by atoms with van der Waals surface area (Å²) in [5, 5.41) is 8.91. The molecular formula is C27H33N5O2. The van der Waals surface area contributed by atoms with Gasteiger partial charge >= 0.3 is 5.97 Å². The maximum Gasteiger partial charge on any atom is 0.310 e. The van der Waals surface area contributed by atoms with E-state index < -0.39 is 0 Å². The zero-order valence-corrected chi connectivity index (χ0v) is 19.6. The van der Waals surface area contributed by atoms with E-state index in [2.05, 4.69) is 56.6 Å². The van der Waals surface area contributed by atoms with Crippen molar-refractivity contribution in [3.05, 3.63) is 78.1 Å². The van der Waals surface area contributed by atoms with E-state index in [9.17, 15) is 4.79 Å². The third kappa shape index (κ3) is 5.65. The highest BCUT2D eigenvalue weighted by molar-refractivity contribution is 5.72. The third-order valence-corrected chi connectivity index (χ3v) is 6.92. The molecule has 3 aromatic rings. The molecule has 0 spiro atoms. The van der Waals surface area contributed by atoms with Crippen LogP contribution in [0.25, 0.3) is 0 Å². The summed E-state index contributed by atoms with van der Waals surface area (Å²) in [4.78, 5) is 17.4. The smallest absolute Gasteiger partial charge is 0.310 e. The first-order valence-corrected chi connectivity index (χ1v) is 12.4. The predicted molar refractivity (Wildman–Crippen MR) is 131 cm³/mol. The summed E-state index contributed by atoms with van der Waals surface area (Å²) >= 11 is 0. The Labute approximate surface area is 201 Å². The minimum Gasteiger partial charge on any atom is -0.460 e. The van der Waals surface area contributed by atoms with E-state index in [1.807, 2.05) is 35.0 Å². The molecule has 7 nitrogen and oxygen atoms in total. The molecule has 7 heteroatoms. The van der Waals surface area contributed by atoms with Gasteiger partial charge in [-0.15, -0.1) is 5.10 Å². The van der Waals surface area contributed by atoms with Crippen molar-refractivity contribution in [3.63, 3.8) is 0 Å². The number of carbonyl (C=O) groups excluding carboxylic acids is 1. The number of rotatable bonds is 7. The fourth-order valence-corrected chi connectivity index (χ4v) is 5.07. The second-order valence-corrected chi connectivity index (χ2v) is 9.33. The van der Waals surface area contributed by atoms with Crippen LogP contribution in [0.15, 0.2) is 66.9 Å². The summed E-state index contributed by atoms with van der Waals surface area (Å²) < 4.78 is 7.87. The number of aromatic nitrogens is 3. The Kier molecular flexibility index (Phi) is 7.19. The van der Waals surface area contributed by atoms with Crippen LogP contribution >= 0.6 is 0 Å². The number of piperazine rings is 1. The first-order chi connectivity index (χ1) is 16.7. The van der Waals surface area contributed by atoms with Crippen molar-refractivity contribution in [2.24, 2.45) is 0 Å². The molecule has 2 aliphatic rings. The van der Waals surface area contributed by atoms with Crippen molar-refractivity contribution in [2.45, 2.75) is 50.8 Å². The highest BCUT2D eigenvalue weighted by Crippen LogP contribution is 2.31. The van der Waals surface area contributed by atoms with Gasteiger partial charge in [0.05, 0.1) is 24.4 Å². The number of hydrogen-bond acceptors (Lipinski definition) is 6. The quantitative estimate of drug-likeness (QED) is 0.500. The van der Waals surface area contributed by atoms with Crippen molar-refractivity contribution in [2.75, 3.05) is 31.1 Å². The van der Waals surface area contributed by atoms with E-state index in [4.69, 9.17) is 4.74 Å². The molecule has 2 aromatic carbocycles. The van der Waals surface area contributed by atoms with Crippen LogP contribution < -0.4 is 4.90 Å². The summed E-state index contributed by atoms with van der Waals surface area (Å²) in [5.74, 6) is -0.167. The molecule has 1 aliphatic carbocycles. The Morgan fingerprint density at radius 2 is 1.62 bits per heavy atom. The molecule has 2 fully saturated rings. The van der Waals surface area contributed by atoms with Crippen LogP contribution in [0, 0.1) is 0 Å². The lowest BCUT2D eigenvalue weighted by Crippen LogP contribution is -2.46. The molecule has 1 aliphatic heterocycles. The molecule has 0 bridgehead atoms. The van der Waals surface area contributed by atoms with Gasteiger partial charge in [-0.05, 0) is 37.0 Å². The molecule has 1 saturated carbocycles. The second-order valence-electron chi connectivity index (χ2n) is 9.33. The highest BCUT2D eigenvalue weighted by Gasteiger charge is 2.31. The van der Waals surface area contributed by atoms with Crippen LogP contribution in [0.1, 0.15) is 43.0 Å². The summed E-state index contributed by atoms with van der Waals surface area (Å²) in [5.41, 5.74) is 3.25. The summed E-state index contributed by atoms with van der Waals surface area (Å²) in [6.07, 6.45) is 6.25. The standard InChI is InChI=1S/C27H33N5O2/c33-27(19-22-9-3-1-4-10-22)34-26-14-8-7-13-25(26)32-21-23(28-29-32)20-30-15-17-31(18-16-30)24-11-5-2-6-12-24/h1-6,9-12,21,25-26H,7-8,13-20H2/t25-,26-/m1/s1. The van der Waals surface area contributed by atoms with E-state index in [0.717, 1.165) is 69.7 Å². The number of carbonyl (C=O) groups is 1. The van der Waals surface area contributed by atoms with Gasteiger partial charge in [0.2, 0.25) is 0 Å². The third-order valence-electron chi connectivity index (χ3n) is 6.92. The molecule has 0 amide bonds. The zero-order chi connectivity index (χ0) is 23.2. The lowest BCUT2D eigenvalue weighted by Gasteiger charge is -2.35. The minimum absolute atomic E-state index is 0.0599. The molecular weight excluding hydrogens is 426 g/mol. The van der Waals surface area contributed by atoms with Gasteiger partial charge in [-0.2, -0.15) is 0 Å². The largest absolute Gasteiger partial charge is 0.460 e. The molecule has 2 atom stereocenters. The Bertz CT molecular complexity index is 1050. The molecule has 0 N–H and O–H groups in total. The number of anilines is 1. The van der Waals surface area contributed by atoms with Crippen molar-refractivity contribution in [3.8, 4) is 0 Å². The number of ether oxygens (including phenoxy) is 1. The zero-order valence-electron chi connectivity index (χ0n) is 19.6. The van der Waals surface area contributed by atoms with Crippen LogP contribution in [0.5, 0.6) is 0 Å². The Hall–Kier alpha value is -3.19. The maximum absolute atomic E-state index is 12.6. The predicted octanol–water partition coefficient (Wildman–Crippen LogP) is 3.87. The SMILES string of the molecule is O=C(Cc1ccccc1)O[C@@H]1CCCC[C@H]1n1cc(CN2CCN(c3ccccc3)CC2)nn1. The van der Waals surface area contributed by atoms with Crippen molar-refractivity contribution < 1.29 is 9.53 Å². The van der Waals surface area contributed by atoms with Crippen LogP contribution in [0.2, 0.25) is 0 Å². The van der Waals surface area contributed by atoms with Gasteiger partial charge < -0.3 is 9.64 Å². The monoisotopic (exact) mass is 459 g/mol. The van der Waals surface area contributed by atoms with Gasteiger partial charge in [-0.1, -0.05) is 60.2 Å². The molecule has 5 rings (SSSR count). The van der Waals surface area contributed by atoms with Crippen LogP contribution in [0.4, 0.5) is 5.69 Å². The number of benzene rings is 2. The fourth-order valence-electron chi connectivity index (χ4n) is 5.07. The first-order valence-electron chi connectivity index (χ1n) is 12.4. The van der Waals surface area contributed by atoms with Crippen LogP contribution in [0.3, 0.4) is 0 Å². The van der Waals surface area contributed by atoms with Gasteiger partial charge in [0.25, 0.3) is 0 Å². The van der Waals surface area contributed by atoms with Gasteiger partial charge in [0, 0.05) is 38.4 Å². The molecule has 0 radical (unpaired) electrons. The summed E-state index contributed by atoms with van der Waals surface area (Å²) in [6.45, 7) is 4.84. The van der Waals surface area contributed by atoms with Crippen LogP contribution in [-0.4, -0.2) is 58.1 Å². The minimum atomic E-state index is -0.167. The Morgan fingerprint density at radius 1 is 0.912 bits per heavy atom. The van der Waals surface area contributed by atoms with E-state index in [0.29, 0.717) is 6.42 Å². The molecule has 34 heavy (non-hydrogen) atoms. The van der Waals surface area contributed by atoms with Crippen molar-refractivity contribution in [1.29, 1.82) is 0 Å². The number of esters is 1. The van der Waals surface area contributed by atoms with Crippen molar-refractivity contribution >= 4 is 11.7 Å². The van der Waals surface area contributed by atoms with Gasteiger partial charge in [-0.3, -0.25) is 9.69 Å². The number of para-hydroxylation sites is 1. The number of nitrogens with zero attached hydrogens (tertiary/aromatic N) is 5. The average Bonchev–Trinajstić information content (AvgIpc) is 3.34. The normalized spacial score (nSPS) is 21.4. The Balaban J connectivity index is 1.16. The summed E-state index contributed by atoms with van der Waals surface area (Å²) in [7, 11) is 0. The van der Waals surface area contributed by atoms with E-state index in [1.165, 1.54) is 5.69 Å². The molecule has 2 heterocycles. The Morgan fingerprint density at radius 3 is 2.38 bits per heavy atom. The maximum atomic E-state index is 12.6.